The SMILES string of the molecule is CC(C)(C)Oc1cccc(C(=O)c2ccc3ccccc3c2-c2ccccc2)c1. The number of ketones is 1. The van der Waals surface area contributed by atoms with Crippen LogP contribution in [0, 0.1) is 0 Å². The highest BCUT2D eigenvalue weighted by Crippen LogP contribution is 2.34. The molecule has 0 aliphatic heterocycles. The smallest absolute Gasteiger partial charge is 0.193 e. The minimum absolute atomic E-state index is 0.00559. The lowest BCUT2D eigenvalue weighted by molar-refractivity contribution is 0.103. The molecule has 0 aliphatic carbocycles. The zero-order valence-electron chi connectivity index (χ0n) is 17.0. The van der Waals surface area contributed by atoms with Gasteiger partial charge in [-0.15, -0.1) is 0 Å². The third-order valence-electron chi connectivity index (χ3n) is 4.76. The molecule has 0 fully saturated rings. The third-order valence-corrected chi connectivity index (χ3v) is 4.76. The Morgan fingerprint density at radius 3 is 2.24 bits per heavy atom. The summed E-state index contributed by atoms with van der Waals surface area (Å²) < 4.78 is 5.96. The molecule has 2 nitrogen and oxygen atoms in total. The van der Waals surface area contributed by atoms with Crippen molar-refractivity contribution in [1.82, 2.24) is 0 Å². The maximum Gasteiger partial charge on any atom is 0.193 e. The summed E-state index contributed by atoms with van der Waals surface area (Å²) in [6, 6.07) is 29.7. The van der Waals surface area contributed by atoms with Crippen LogP contribution in [0.2, 0.25) is 0 Å². The Labute approximate surface area is 171 Å². The fraction of sp³-hybridized carbons (Fsp3) is 0.148. The second kappa shape index (κ2) is 7.56. The van der Waals surface area contributed by atoms with Gasteiger partial charge in [-0.05, 0) is 55.3 Å². The van der Waals surface area contributed by atoms with Gasteiger partial charge in [0, 0.05) is 16.7 Å². The average molecular weight is 380 g/mol. The molecule has 0 saturated carbocycles. The molecule has 4 aromatic carbocycles. The number of hydrogen-bond donors (Lipinski definition) is 0. The molecule has 0 atom stereocenters. The monoisotopic (exact) mass is 380 g/mol. The van der Waals surface area contributed by atoms with Crippen molar-refractivity contribution in [2.75, 3.05) is 0 Å². The normalized spacial score (nSPS) is 11.4. The number of ether oxygens (including phenoxy) is 1. The van der Waals surface area contributed by atoms with Crippen LogP contribution >= 0.6 is 0 Å². The largest absolute Gasteiger partial charge is 0.488 e. The maximum absolute atomic E-state index is 13.5. The first-order valence-corrected chi connectivity index (χ1v) is 9.83. The van der Waals surface area contributed by atoms with Crippen molar-refractivity contribution in [3.05, 3.63) is 102 Å². The zero-order chi connectivity index (χ0) is 20.4. The molecule has 0 aliphatic rings. The number of fused-ring (bicyclic) bond motifs is 1. The number of rotatable bonds is 4. The molecule has 0 bridgehead atoms. The fourth-order valence-corrected chi connectivity index (χ4v) is 3.59. The Balaban J connectivity index is 1.86. The van der Waals surface area contributed by atoms with Crippen LogP contribution in [0.5, 0.6) is 5.75 Å². The zero-order valence-corrected chi connectivity index (χ0v) is 17.0. The molecule has 0 heterocycles. The Kier molecular flexibility index (Phi) is 4.94. The van der Waals surface area contributed by atoms with Gasteiger partial charge in [0.2, 0.25) is 0 Å². The van der Waals surface area contributed by atoms with Gasteiger partial charge in [0.25, 0.3) is 0 Å². The lowest BCUT2D eigenvalue weighted by atomic mass is 9.89. The van der Waals surface area contributed by atoms with Gasteiger partial charge < -0.3 is 4.74 Å². The molecule has 0 aromatic heterocycles. The summed E-state index contributed by atoms with van der Waals surface area (Å²) in [4.78, 5) is 13.5. The van der Waals surface area contributed by atoms with Crippen LogP contribution < -0.4 is 4.74 Å². The summed E-state index contributed by atoms with van der Waals surface area (Å²) in [5.41, 5.74) is 3.01. The van der Waals surface area contributed by atoms with Crippen molar-refractivity contribution in [2.45, 2.75) is 26.4 Å². The van der Waals surface area contributed by atoms with E-state index in [4.69, 9.17) is 4.74 Å². The van der Waals surface area contributed by atoms with Gasteiger partial charge in [-0.2, -0.15) is 0 Å². The Morgan fingerprint density at radius 1 is 0.759 bits per heavy atom. The minimum atomic E-state index is -0.320. The van der Waals surface area contributed by atoms with Gasteiger partial charge in [0.15, 0.2) is 5.78 Å². The van der Waals surface area contributed by atoms with Crippen LogP contribution in [0.15, 0.2) is 91.0 Å². The number of hydrogen-bond acceptors (Lipinski definition) is 2. The first-order chi connectivity index (χ1) is 13.9. The lowest BCUT2D eigenvalue weighted by Gasteiger charge is -2.21. The van der Waals surface area contributed by atoms with E-state index in [9.17, 15) is 4.79 Å². The first kappa shape index (κ1) is 18.9. The van der Waals surface area contributed by atoms with Crippen molar-refractivity contribution in [1.29, 1.82) is 0 Å². The van der Waals surface area contributed by atoms with Crippen LogP contribution in [-0.2, 0) is 0 Å². The van der Waals surface area contributed by atoms with Crippen LogP contribution in [0.1, 0.15) is 36.7 Å². The van der Waals surface area contributed by atoms with Gasteiger partial charge >= 0.3 is 0 Å². The van der Waals surface area contributed by atoms with Crippen LogP contribution in [0.4, 0.5) is 0 Å². The van der Waals surface area contributed by atoms with Gasteiger partial charge in [0.1, 0.15) is 11.4 Å². The summed E-state index contributed by atoms with van der Waals surface area (Å²) in [6.45, 7) is 6.00. The molecule has 0 N–H and O–H groups in total. The molecule has 4 aromatic rings. The highest BCUT2D eigenvalue weighted by Gasteiger charge is 2.19. The van der Waals surface area contributed by atoms with Gasteiger partial charge in [-0.3, -0.25) is 4.79 Å². The van der Waals surface area contributed by atoms with E-state index in [2.05, 4.69) is 24.3 Å². The van der Waals surface area contributed by atoms with Gasteiger partial charge in [-0.25, -0.2) is 0 Å². The molecule has 2 heteroatoms. The van der Waals surface area contributed by atoms with Crippen molar-refractivity contribution < 1.29 is 9.53 Å². The molecule has 4 rings (SSSR count). The highest BCUT2D eigenvalue weighted by molar-refractivity contribution is 6.17. The minimum Gasteiger partial charge on any atom is -0.488 e. The number of carbonyl (C=O) groups excluding carboxylic acids is 1. The van der Waals surface area contributed by atoms with Crippen LogP contribution in [0.25, 0.3) is 21.9 Å². The van der Waals surface area contributed by atoms with E-state index in [1.54, 1.807) is 0 Å². The van der Waals surface area contributed by atoms with E-state index in [0.717, 1.165) is 21.9 Å². The van der Waals surface area contributed by atoms with Crippen LogP contribution in [0.3, 0.4) is 0 Å². The Hall–Kier alpha value is -3.39. The standard InChI is InChI=1S/C27H24O2/c1-27(2,3)29-22-14-9-13-21(18-22)26(28)24-17-16-19-10-7-8-15-23(19)25(24)20-11-5-4-6-12-20/h4-18H,1-3H3. The van der Waals surface area contributed by atoms with Crippen molar-refractivity contribution in [3.63, 3.8) is 0 Å². The van der Waals surface area contributed by atoms with Crippen molar-refractivity contribution in [2.24, 2.45) is 0 Å². The predicted molar refractivity (Wildman–Crippen MR) is 120 cm³/mol. The molecular formula is C27H24O2. The average Bonchev–Trinajstić information content (AvgIpc) is 2.72. The van der Waals surface area contributed by atoms with E-state index in [1.165, 1.54) is 0 Å². The maximum atomic E-state index is 13.5. The summed E-state index contributed by atoms with van der Waals surface area (Å²) in [6.07, 6.45) is 0. The van der Waals surface area contributed by atoms with Crippen molar-refractivity contribution >= 4 is 16.6 Å². The highest BCUT2D eigenvalue weighted by atomic mass is 16.5. The number of carbonyl (C=O) groups is 1. The molecule has 0 spiro atoms. The van der Waals surface area contributed by atoms with Gasteiger partial charge in [-0.1, -0.05) is 72.8 Å². The van der Waals surface area contributed by atoms with E-state index in [1.807, 2.05) is 87.5 Å². The molecule has 0 radical (unpaired) electrons. The second-order valence-electron chi connectivity index (χ2n) is 8.15. The van der Waals surface area contributed by atoms with E-state index < -0.39 is 0 Å². The lowest BCUT2D eigenvalue weighted by Crippen LogP contribution is -2.23. The molecule has 0 unspecified atom stereocenters. The molecule has 0 saturated heterocycles. The van der Waals surface area contributed by atoms with Crippen LogP contribution in [-0.4, -0.2) is 11.4 Å². The fourth-order valence-electron chi connectivity index (χ4n) is 3.59. The molecule has 144 valence electrons. The van der Waals surface area contributed by atoms with Gasteiger partial charge in [0.05, 0.1) is 0 Å². The van der Waals surface area contributed by atoms with E-state index in [-0.39, 0.29) is 11.4 Å². The summed E-state index contributed by atoms with van der Waals surface area (Å²) in [7, 11) is 0. The second-order valence-corrected chi connectivity index (χ2v) is 8.15. The summed E-state index contributed by atoms with van der Waals surface area (Å²) in [5, 5.41) is 2.19. The first-order valence-electron chi connectivity index (χ1n) is 9.83. The molecular weight excluding hydrogens is 356 g/mol. The van der Waals surface area contributed by atoms with Crippen molar-refractivity contribution in [3.8, 4) is 16.9 Å². The molecule has 29 heavy (non-hydrogen) atoms. The third kappa shape index (κ3) is 4.07. The predicted octanol–water partition coefficient (Wildman–Crippen LogP) is 6.92. The Bertz CT molecular complexity index is 1170. The molecule has 0 amide bonds. The summed E-state index contributed by atoms with van der Waals surface area (Å²) >= 11 is 0. The Morgan fingerprint density at radius 2 is 1.48 bits per heavy atom. The van der Waals surface area contributed by atoms with E-state index >= 15 is 0 Å². The quantitative estimate of drug-likeness (QED) is 0.359. The number of benzene rings is 4. The summed E-state index contributed by atoms with van der Waals surface area (Å²) in [5.74, 6) is 0.694. The topological polar surface area (TPSA) is 26.3 Å². The van der Waals surface area contributed by atoms with E-state index in [0.29, 0.717) is 16.9 Å².